The van der Waals surface area contributed by atoms with Gasteiger partial charge in [0.05, 0.1) is 6.42 Å². The van der Waals surface area contributed by atoms with Gasteiger partial charge in [0.15, 0.2) is 0 Å². The number of hydrogen-bond donors (Lipinski definition) is 3. The minimum atomic E-state index is -1.56. The van der Waals surface area contributed by atoms with Crippen molar-refractivity contribution in [1.82, 2.24) is 30.7 Å². The van der Waals surface area contributed by atoms with Crippen LogP contribution in [-0.4, -0.2) is 119 Å². The van der Waals surface area contributed by atoms with Gasteiger partial charge in [-0.2, -0.15) is 0 Å². The first kappa shape index (κ1) is 41.2. The third-order valence-electron chi connectivity index (χ3n) is 11.2. The van der Waals surface area contributed by atoms with Gasteiger partial charge in [-0.05, 0) is 81.5 Å². The predicted octanol–water partition coefficient (Wildman–Crippen LogP) is 1.70. The first-order valence-electron chi connectivity index (χ1n) is 19.7. The molecule has 14 nitrogen and oxygen atoms in total. The molecule has 0 radical (unpaired) electrons. The molecule has 2 aromatic rings. The van der Waals surface area contributed by atoms with Crippen molar-refractivity contribution in [1.29, 1.82) is 0 Å². The second kappa shape index (κ2) is 17.8. The quantitative estimate of drug-likeness (QED) is 0.356. The molecule has 3 N–H and O–H groups in total. The van der Waals surface area contributed by atoms with Crippen LogP contribution in [0.5, 0.6) is 0 Å². The smallest absolute Gasteiger partial charge is 0.328 e. The molecule has 16 heteroatoms. The molecule has 4 saturated heterocycles. The second-order valence-electron chi connectivity index (χ2n) is 15.8. The average Bonchev–Trinajstić information content (AvgIpc) is 3.82. The summed E-state index contributed by atoms with van der Waals surface area (Å²) in [6.07, 6.45) is 2.17. The minimum absolute atomic E-state index is 0.0543. The van der Waals surface area contributed by atoms with E-state index >= 15 is 0 Å². The summed E-state index contributed by atoms with van der Waals surface area (Å²) >= 11 is 0. The van der Waals surface area contributed by atoms with Crippen LogP contribution in [-0.2, 0) is 51.1 Å². The monoisotopic (exact) mass is 792 g/mol. The molecule has 0 saturated carbocycles. The van der Waals surface area contributed by atoms with Crippen LogP contribution in [0.25, 0.3) is 0 Å². The van der Waals surface area contributed by atoms with Crippen molar-refractivity contribution in [3.63, 3.8) is 0 Å². The Hall–Kier alpha value is -5.41. The number of rotatable bonds is 7. The zero-order valence-corrected chi connectivity index (χ0v) is 32.4. The summed E-state index contributed by atoms with van der Waals surface area (Å²) in [6.45, 7) is 5.23. The van der Waals surface area contributed by atoms with Crippen molar-refractivity contribution in [2.45, 2.75) is 108 Å². The number of piperidine rings is 1. The Morgan fingerprint density at radius 3 is 2.21 bits per heavy atom. The van der Waals surface area contributed by atoms with Gasteiger partial charge in [-0.25, -0.2) is 13.6 Å². The fourth-order valence-electron chi connectivity index (χ4n) is 8.30. The Balaban J connectivity index is 1.31. The first-order chi connectivity index (χ1) is 27.2. The lowest BCUT2D eigenvalue weighted by atomic mass is 9.99. The van der Waals surface area contributed by atoms with E-state index in [4.69, 9.17) is 4.74 Å². The maximum atomic E-state index is 14.5. The largest absolute Gasteiger partial charge is 0.461 e. The number of benzene rings is 2. The van der Waals surface area contributed by atoms with Crippen LogP contribution in [0.1, 0.15) is 69.1 Å². The topological polar surface area (TPSA) is 175 Å². The number of hydrogen-bond acceptors (Lipinski definition) is 8. The number of nitrogens with zero attached hydrogens (tertiary/aromatic N) is 3. The van der Waals surface area contributed by atoms with Gasteiger partial charge in [0.1, 0.15) is 54.5 Å². The van der Waals surface area contributed by atoms with E-state index in [0.29, 0.717) is 37.3 Å². The number of carbonyl (C=O) groups excluding carboxylic acids is 7. The zero-order valence-electron chi connectivity index (χ0n) is 32.4. The van der Waals surface area contributed by atoms with Gasteiger partial charge >= 0.3 is 5.97 Å². The highest BCUT2D eigenvalue weighted by Crippen LogP contribution is 2.28. The molecule has 7 atom stereocenters. The number of amides is 6. The molecule has 2 aromatic carbocycles. The number of fused-ring (bicyclic) bond motifs is 3. The summed E-state index contributed by atoms with van der Waals surface area (Å²) in [5.41, 5.74) is 1.68. The molecule has 306 valence electrons. The lowest BCUT2D eigenvalue weighted by Crippen LogP contribution is -2.62. The maximum absolute atomic E-state index is 14.5. The number of aryl methyl sites for hydroxylation is 1. The summed E-state index contributed by atoms with van der Waals surface area (Å²) < 4.78 is 34.3. The summed E-state index contributed by atoms with van der Waals surface area (Å²) in [4.78, 5) is 101. The number of cyclic esters (lactones) is 1. The van der Waals surface area contributed by atoms with E-state index in [1.54, 1.807) is 12.1 Å². The number of carbonyl (C=O) groups is 7. The Bertz CT molecular complexity index is 1870. The fraction of sp³-hybridized carbons (Fsp3) is 0.537. The van der Waals surface area contributed by atoms with Crippen LogP contribution in [0.4, 0.5) is 8.78 Å². The summed E-state index contributed by atoms with van der Waals surface area (Å²) in [5.74, 6) is -6.38. The maximum Gasteiger partial charge on any atom is 0.328 e. The summed E-state index contributed by atoms with van der Waals surface area (Å²) in [6, 6.07) is 2.97. The predicted molar refractivity (Wildman–Crippen MR) is 201 cm³/mol. The average molecular weight is 793 g/mol. The number of esters is 1. The minimum Gasteiger partial charge on any atom is -0.461 e. The van der Waals surface area contributed by atoms with Crippen LogP contribution in [0, 0.1) is 24.5 Å². The molecule has 3 unspecified atom stereocenters. The Kier molecular flexibility index (Phi) is 12.9. The van der Waals surface area contributed by atoms with E-state index < -0.39 is 95.9 Å². The molecule has 6 rings (SSSR count). The van der Waals surface area contributed by atoms with Gasteiger partial charge in [-0.3, -0.25) is 28.8 Å². The van der Waals surface area contributed by atoms with E-state index in [2.05, 4.69) is 16.0 Å². The van der Waals surface area contributed by atoms with Gasteiger partial charge in [-0.1, -0.05) is 36.8 Å². The molecule has 0 spiro atoms. The standard InChI is InChI=1S/C41H50F2N6O8/c1-23-9-11-26(12-10-23)19-35(50)45-30(18-27-16-28(42)20-29(43)17-27)36(51)46-31-22-57-41(56)34-15-24(2)21-49(34)38(53)25(3)44-37(52)32-7-4-5-13-47(32)40(55)33-8-6-14-48(33)39(31)54/h9-12,16-17,20,24-25,30-34H,4-8,13-15,18-19,21-22H2,1-3H3,(H,44,52)(H,45,50)(H,46,51)/t24-,25-,30-,31-,32?,33?,34?/m0/s1. The van der Waals surface area contributed by atoms with E-state index in [9.17, 15) is 42.3 Å². The molecule has 4 fully saturated rings. The van der Waals surface area contributed by atoms with E-state index in [1.165, 1.54) is 21.6 Å². The highest BCUT2D eigenvalue weighted by molar-refractivity contribution is 5.98. The molecule has 0 aliphatic carbocycles. The van der Waals surface area contributed by atoms with Crippen LogP contribution in [0.15, 0.2) is 42.5 Å². The van der Waals surface area contributed by atoms with Crippen molar-refractivity contribution >= 4 is 41.4 Å². The molecular formula is C41H50F2N6O8. The summed E-state index contributed by atoms with van der Waals surface area (Å²) in [5, 5.41) is 8.01. The van der Waals surface area contributed by atoms with Crippen LogP contribution in [0.3, 0.4) is 0 Å². The summed E-state index contributed by atoms with van der Waals surface area (Å²) in [7, 11) is 0. The molecule has 0 bridgehead atoms. The molecular weight excluding hydrogens is 742 g/mol. The van der Waals surface area contributed by atoms with Crippen molar-refractivity contribution in [2.75, 3.05) is 26.2 Å². The third kappa shape index (κ3) is 9.77. The van der Waals surface area contributed by atoms with E-state index in [-0.39, 0.29) is 56.8 Å². The second-order valence-corrected chi connectivity index (χ2v) is 15.8. The molecule has 0 aromatic heterocycles. The molecule has 57 heavy (non-hydrogen) atoms. The van der Waals surface area contributed by atoms with Crippen molar-refractivity contribution in [2.24, 2.45) is 5.92 Å². The Morgan fingerprint density at radius 2 is 1.49 bits per heavy atom. The van der Waals surface area contributed by atoms with Gasteiger partial charge in [-0.15, -0.1) is 0 Å². The first-order valence-corrected chi connectivity index (χ1v) is 19.7. The van der Waals surface area contributed by atoms with Gasteiger partial charge in [0.2, 0.25) is 35.4 Å². The van der Waals surface area contributed by atoms with Crippen LogP contribution in [0.2, 0.25) is 0 Å². The Morgan fingerprint density at radius 1 is 0.825 bits per heavy atom. The van der Waals surface area contributed by atoms with Crippen molar-refractivity contribution < 1.29 is 47.1 Å². The third-order valence-corrected chi connectivity index (χ3v) is 11.2. The van der Waals surface area contributed by atoms with Crippen LogP contribution >= 0.6 is 0 Å². The lowest BCUT2D eigenvalue weighted by Gasteiger charge is -2.39. The normalized spacial score (nSPS) is 26.5. The fourth-order valence-corrected chi connectivity index (χ4v) is 8.30. The molecule has 4 heterocycles. The molecule has 4 aliphatic heterocycles. The molecule has 6 amide bonds. The van der Waals surface area contributed by atoms with E-state index in [1.807, 2.05) is 26.0 Å². The number of halogens is 2. The van der Waals surface area contributed by atoms with Crippen molar-refractivity contribution in [3.8, 4) is 0 Å². The van der Waals surface area contributed by atoms with Crippen LogP contribution < -0.4 is 16.0 Å². The molecule has 4 aliphatic rings. The highest BCUT2D eigenvalue weighted by Gasteiger charge is 2.46. The van der Waals surface area contributed by atoms with Crippen molar-refractivity contribution in [3.05, 3.63) is 70.8 Å². The number of nitrogens with one attached hydrogen (secondary N) is 3. The highest BCUT2D eigenvalue weighted by atomic mass is 19.1. The van der Waals surface area contributed by atoms with Gasteiger partial charge < -0.3 is 35.4 Å². The zero-order chi connectivity index (χ0) is 41.0. The van der Waals surface area contributed by atoms with E-state index in [0.717, 1.165) is 17.7 Å². The number of ether oxygens (including phenoxy) is 1. The van der Waals surface area contributed by atoms with Gasteiger partial charge in [0.25, 0.3) is 0 Å². The SMILES string of the molecule is Cc1ccc(CC(=O)N[C@@H](Cc2cc(F)cc(F)c2)C(=O)N[C@H]2COC(=O)C3C[C@H](C)CN3C(=O)[C@H](C)NC(=O)C3CCCCN3C(=O)C3CCCN3C2=O)cc1. The lowest BCUT2D eigenvalue weighted by molar-refractivity contribution is -0.158. The van der Waals surface area contributed by atoms with Gasteiger partial charge in [0, 0.05) is 32.1 Å². The Labute approximate surface area is 330 Å².